The van der Waals surface area contributed by atoms with Gasteiger partial charge in [0, 0.05) is 18.9 Å². The largest absolute Gasteiger partial charge is 0.463 e. The number of esters is 2. The van der Waals surface area contributed by atoms with Crippen LogP contribution in [0.3, 0.4) is 0 Å². The maximum atomic E-state index is 11.8. The predicted octanol–water partition coefficient (Wildman–Crippen LogP) is 4.43. The van der Waals surface area contributed by atoms with E-state index in [-0.39, 0.29) is 29.9 Å². The summed E-state index contributed by atoms with van der Waals surface area (Å²) in [5.74, 6) is -0.0160. The molecule has 0 aliphatic rings. The second-order valence-electron chi connectivity index (χ2n) is 6.72. The quantitative estimate of drug-likeness (QED) is 0.189. The van der Waals surface area contributed by atoms with Crippen LogP contribution >= 0.6 is 0 Å². The van der Waals surface area contributed by atoms with Gasteiger partial charge in [0.15, 0.2) is 0 Å². The molecule has 0 fully saturated rings. The number of rotatable bonds is 11. The molecule has 7 nitrogen and oxygen atoms in total. The van der Waals surface area contributed by atoms with Crippen LogP contribution in [-0.2, 0) is 14.3 Å². The summed E-state index contributed by atoms with van der Waals surface area (Å²) in [4.78, 5) is 33.6. The van der Waals surface area contributed by atoms with Gasteiger partial charge in [0.1, 0.15) is 5.75 Å². The Kier molecular flexibility index (Phi) is 9.33. The molecule has 1 unspecified atom stereocenters. The van der Waals surface area contributed by atoms with Crippen molar-refractivity contribution in [3.8, 4) is 5.75 Å². The van der Waals surface area contributed by atoms with Crippen LogP contribution in [0, 0.1) is 16.0 Å². The Bertz CT molecular complexity index is 614. The number of benzene rings is 1. The predicted molar refractivity (Wildman–Crippen MR) is 96.8 cm³/mol. The maximum absolute atomic E-state index is 11.8. The molecule has 144 valence electrons. The number of carbonyl (C=O) groups is 2. The van der Waals surface area contributed by atoms with E-state index < -0.39 is 10.9 Å². The fourth-order valence-electron chi connectivity index (χ4n) is 2.55. The van der Waals surface area contributed by atoms with Gasteiger partial charge in [-0.1, -0.05) is 26.3 Å². The van der Waals surface area contributed by atoms with Crippen molar-refractivity contribution in [3.05, 3.63) is 34.4 Å². The Morgan fingerprint density at radius 2 is 1.73 bits per heavy atom. The van der Waals surface area contributed by atoms with E-state index in [2.05, 4.69) is 13.8 Å². The number of carbonyl (C=O) groups excluding carboxylic acids is 2. The van der Waals surface area contributed by atoms with E-state index in [4.69, 9.17) is 9.47 Å². The lowest BCUT2D eigenvalue weighted by Gasteiger charge is -2.15. The lowest BCUT2D eigenvalue weighted by atomic mass is 10.1. The van der Waals surface area contributed by atoms with Crippen molar-refractivity contribution in [1.82, 2.24) is 0 Å². The number of nitrogens with zero attached hydrogens (tertiary/aromatic N) is 1. The average molecular weight is 365 g/mol. The standard InChI is InChI=1S/C19H27NO6/c1-14(2)12-15(3)25-18(21)10-5-4-6-11-19(22)26-17-9-7-8-16(13-17)20(23)24/h7-9,13-15H,4-6,10-12H2,1-3H3. The van der Waals surface area contributed by atoms with E-state index in [1.54, 1.807) is 0 Å². The van der Waals surface area contributed by atoms with Crippen molar-refractivity contribution >= 4 is 17.6 Å². The summed E-state index contributed by atoms with van der Waals surface area (Å²) in [5.41, 5.74) is -0.125. The van der Waals surface area contributed by atoms with Crippen molar-refractivity contribution < 1.29 is 24.0 Å². The van der Waals surface area contributed by atoms with Crippen LogP contribution in [0.1, 0.15) is 59.3 Å². The second kappa shape index (κ2) is 11.2. The Morgan fingerprint density at radius 3 is 2.35 bits per heavy atom. The SMILES string of the molecule is CC(C)CC(C)OC(=O)CCCCCC(=O)Oc1cccc([N+](=O)[O-])c1. The van der Waals surface area contributed by atoms with E-state index in [1.807, 2.05) is 6.92 Å². The monoisotopic (exact) mass is 365 g/mol. The highest BCUT2D eigenvalue weighted by molar-refractivity contribution is 5.72. The van der Waals surface area contributed by atoms with Gasteiger partial charge in [0.25, 0.3) is 5.69 Å². The van der Waals surface area contributed by atoms with Gasteiger partial charge in [-0.15, -0.1) is 0 Å². The van der Waals surface area contributed by atoms with Gasteiger partial charge in [-0.3, -0.25) is 19.7 Å². The van der Waals surface area contributed by atoms with Crippen molar-refractivity contribution in [3.63, 3.8) is 0 Å². The van der Waals surface area contributed by atoms with Crippen LogP contribution in [0.2, 0.25) is 0 Å². The summed E-state index contributed by atoms with van der Waals surface area (Å²) in [6.45, 7) is 6.05. The molecule has 0 spiro atoms. The first kappa shape index (κ1) is 21.6. The Balaban J connectivity index is 2.19. The molecule has 0 bridgehead atoms. The van der Waals surface area contributed by atoms with Crippen LogP contribution in [0.5, 0.6) is 5.75 Å². The van der Waals surface area contributed by atoms with E-state index in [0.29, 0.717) is 31.6 Å². The molecule has 0 radical (unpaired) electrons. The highest BCUT2D eigenvalue weighted by atomic mass is 16.6. The molecule has 0 aliphatic carbocycles. The number of non-ortho nitro benzene ring substituents is 1. The summed E-state index contributed by atoms with van der Waals surface area (Å²) < 4.78 is 10.4. The van der Waals surface area contributed by atoms with Gasteiger partial charge in [0.2, 0.25) is 0 Å². The summed E-state index contributed by atoms with van der Waals surface area (Å²) in [7, 11) is 0. The molecule has 1 atom stereocenters. The van der Waals surface area contributed by atoms with Crippen LogP contribution in [0.15, 0.2) is 24.3 Å². The van der Waals surface area contributed by atoms with E-state index in [0.717, 1.165) is 6.42 Å². The summed E-state index contributed by atoms with van der Waals surface area (Å²) in [6.07, 6.45) is 3.24. The first-order valence-corrected chi connectivity index (χ1v) is 8.92. The van der Waals surface area contributed by atoms with Crippen molar-refractivity contribution in [2.24, 2.45) is 5.92 Å². The first-order chi connectivity index (χ1) is 12.3. The van der Waals surface area contributed by atoms with Crippen LogP contribution in [0.25, 0.3) is 0 Å². The Hall–Kier alpha value is -2.44. The lowest BCUT2D eigenvalue weighted by Crippen LogP contribution is -2.16. The zero-order valence-corrected chi connectivity index (χ0v) is 15.6. The third-order valence-electron chi connectivity index (χ3n) is 3.66. The normalized spacial score (nSPS) is 11.8. The molecule has 0 aromatic heterocycles. The number of ether oxygens (including phenoxy) is 2. The summed E-state index contributed by atoms with van der Waals surface area (Å²) >= 11 is 0. The zero-order chi connectivity index (χ0) is 19.5. The number of nitro groups is 1. The topological polar surface area (TPSA) is 95.7 Å². The van der Waals surface area contributed by atoms with Gasteiger partial charge < -0.3 is 9.47 Å². The van der Waals surface area contributed by atoms with E-state index in [9.17, 15) is 19.7 Å². The molecule has 1 aromatic carbocycles. The first-order valence-electron chi connectivity index (χ1n) is 8.92. The van der Waals surface area contributed by atoms with Crippen LogP contribution in [0.4, 0.5) is 5.69 Å². The Morgan fingerprint density at radius 1 is 1.08 bits per heavy atom. The van der Waals surface area contributed by atoms with Crippen molar-refractivity contribution in [2.75, 3.05) is 0 Å². The molecule has 0 heterocycles. The molecule has 0 aliphatic heterocycles. The number of hydrogen-bond donors (Lipinski definition) is 0. The molecule has 0 saturated heterocycles. The molecule has 1 rings (SSSR count). The molecule has 0 saturated carbocycles. The summed E-state index contributed by atoms with van der Waals surface area (Å²) in [6, 6.07) is 5.51. The minimum absolute atomic E-state index is 0.0765. The molecular formula is C19H27NO6. The van der Waals surface area contributed by atoms with E-state index >= 15 is 0 Å². The van der Waals surface area contributed by atoms with Crippen LogP contribution < -0.4 is 4.74 Å². The van der Waals surface area contributed by atoms with Gasteiger partial charge in [-0.25, -0.2) is 0 Å². The summed E-state index contributed by atoms with van der Waals surface area (Å²) in [5, 5.41) is 10.7. The highest BCUT2D eigenvalue weighted by Gasteiger charge is 2.12. The number of nitro benzene ring substituents is 1. The fraction of sp³-hybridized carbons (Fsp3) is 0.579. The smallest absolute Gasteiger partial charge is 0.311 e. The van der Waals surface area contributed by atoms with Gasteiger partial charge >= 0.3 is 11.9 Å². The minimum Gasteiger partial charge on any atom is -0.463 e. The number of hydrogen-bond acceptors (Lipinski definition) is 6. The third kappa shape index (κ3) is 9.15. The van der Waals surface area contributed by atoms with Crippen molar-refractivity contribution in [2.45, 2.75) is 65.4 Å². The molecule has 1 aromatic rings. The lowest BCUT2D eigenvalue weighted by molar-refractivity contribution is -0.384. The fourth-order valence-corrected chi connectivity index (χ4v) is 2.55. The van der Waals surface area contributed by atoms with Gasteiger partial charge in [0.05, 0.1) is 17.1 Å². The molecule has 26 heavy (non-hydrogen) atoms. The average Bonchev–Trinajstić information content (AvgIpc) is 2.53. The molecule has 0 N–H and O–H groups in total. The molecule has 0 amide bonds. The highest BCUT2D eigenvalue weighted by Crippen LogP contribution is 2.20. The Labute approximate surface area is 153 Å². The zero-order valence-electron chi connectivity index (χ0n) is 15.6. The maximum Gasteiger partial charge on any atom is 0.311 e. The van der Waals surface area contributed by atoms with E-state index in [1.165, 1.54) is 24.3 Å². The minimum atomic E-state index is -0.543. The van der Waals surface area contributed by atoms with Gasteiger partial charge in [-0.2, -0.15) is 0 Å². The second-order valence-corrected chi connectivity index (χ2v) is 6.72. The van der Waals surface area contributed by atoms with Gasteiger partial charge in [-0.05, 0) is 38.2 Å². The van der Waals surface area contributed by atoms with Crippen molar-refractivity contribution in [1.29, 1.82) is 0 Å². The number of unbranched alkanes of at least 4 members (excludes halogenated alkanes) is 2. The molecular weight excluding hydrogens is 338 g/mol. The third-order valence-corrected chi connectivity index (χ3v) is 3.66. The van der Waals surface area contributed by atoms with Crippen LogP contribution in [-0.4, -0.2) is 23.0 Å². The molecule has 7 heteroatoms.